The van der Waals surface area contributed by atoms with Crippen molar-refractivity contribution in [3.05, 3.63) is 19.2 Å². The summed E-state index contributed by atoms with van der Waals surface area (Å²) in [5.41, 5.74) is 0. The molecule has 0 radical (unpaired) electrons. The first kappa shape index (κ1) is 10.6. The van der Waals surface area contributed by atoms with E-state index in [1.54, 1.807) is 0 Å². The van der Waals surface area contributed by atoms with Crippen molar-refractivity contribution in [2.75, 3.05) is 13.2 Å². The molecular formula is C8H7Br2NO2S. The van der Waals surface area contributed by atoms with Crippen molar-refractivity contribution in [1.29, 1.82) is 0 Å². The van der Waals surface area contributed by atoms with E-state index in [-0.39, 0.29) is 11.9 Å². The van der Waals surface area contributed by atoms with Crippen LogP contribution in [-0.2, 0) is 4.74 Å². The summed E-state index contributed by atoms with van der Waals surface area (Å²) in [7, 11) is 0. The van der Waals surface area contributed by atoms with Crippen LogP contribution in [0.1, 0.15) is 9.67 Å². The minimum atomic E-state index is -0.0327. The van der Waals surface area contributed by atoms with E-state index in [1.807, 2.05) is 6.07 Å². The molecule has 1 aliphatic heterocycles. The van der Waals surface area contributed by atoms with Gasteiger partial charge in [-0.1, -0.05) is 0 Å². The van der Waals surface area contributed by atoms with E-state index in [4.69, 9.17) is 4.74 Å². The molecule has 0 bridgehead atoms. The van der Waals surface area contributed by atoms with Crippen LogP contribution in [0.15, 0.2) is 14.3 Å². The van der Waals surface area contributed by atoms with E-state index >= 15 is 0 Å². The monoisotopic (exact) mass is 339 g/mol. The Hall–Kier alpha value is 0.0900. The number of hydrogen-bond donors (Lipinski definition) is 1. The molecule has 76 valence electrons. The van der Waals surface area contributed by atoms with Gasteiger partial charge in [0.15, 0.2) is 0 Å². The van der Waals surface area contributed by atoms with E-state index in [9.17, 15) is 4.79 Å². The van der Waals surface area contributed by atoms with E-state index < -0.39 is 0 Å². The summed E-state index contributed by atoms with van der Waals surface area (Å²) >= 11 is 8.11. The van der Waals surface area contributed by atoms with Crippen molar-refractivity contribution in [3.8, 4) is 0 Å². The highest BCUT2D eigenvalue weighted by Crippen LogP contribution is 2.32. The third kappa shape index (κ3) is 2.18. The van der Waals surface area contributed by atoms with Gasteiger partial charge in [0.1, 0.15) is 0 Å². The highest BCUT2D eigenvalue weighted by molar-refractivity contribution is 9.13. The van der Waals surface area contributed by atoms with Crippen LogP contribution in [0.4, 0.5) is 0 Å². The molecule has 2 heterocycles. The third-order valence-electron chi connectivity index (χ3n) is 1.84. The molecule has 2 rings (SSSR count). The lowest BCUT2D eigenvalue weighted by atomic mass is 10.2. The maximum atomic E-state index is 11.6. The van der Waals surface area contributed by atoms with Crippen LogP contribution >= 0.6 is 43.2 Å². The van der Waals surface area contributed by atoms with Crippen LogP contribution in [-0.4, -0.2) is 25.2 Å². The lowest BCUT2D eigenvalue weighted by Crippen LogP contribution is -2.48. The molecule has 6 heteroatoms. The van der Waals surface area contributed by atoms with Crippen molar-refractivity contribution in [2.45, 2.75) is 6.04 Å². The molecule has 1 saturated heterocycles. The molecule has 0 saturated carbocycles. The van der Waals surface area contributed by atoms with Gasteiger partial charge < -0.3 is 10.1 Å². The van der Waals surface area contributed by atoms with Gasteiger partial charge in [-0.25, -0.2) is 0 Å². The van der Waals surface area contributed by atoms with Crippen molar-refractivity contribution in [2.24, 2.45) is 0 Å². The molecule has 1 N–H and O–H groups in total. The first-order valence-corrected chi connectivity index (χ1v) is 6.40. The fourth-order valence-corrected chi connectivity index (χ4v) is 2.97. The first-order chi connectivity index (χ1) is 6.66. The second-order valence-corrected chi connectivity index (χ2v) is 6.16. The van der Waals surface area contributed by atoms with Gasteiger partial charge in [-0.05, 0) is 37.9 Å². The van der Waals surface area contributed by atoms with Gasteiger partial charge in [0.2, 0.25) is 0 Å². The lowest BCUT2D eigenvalue weighted by Gasteiger charge is -2.26. The second kappa shape index (κ2) is 4.30. The second-order valence-electron chi connectivity index (χ2n) is 2.94. The molecule has 0 aromatic carbocycles. The predicted molar refractivity (Wildman–Crippen MR) is 61.8 cm³/mol. The lowest BCUT2D eigenvalue weighted by molar-refractivity contribution is -0.00339. The summed E-state index contributed by atoms with van der Waals surface area (Å²) < 4.78 is 6.82. The van der Waals surface area contributed by atoms with Gasteiger partial charge in [-0.15, -0.1) is 11.3 Å². The number of rotatable bonds is 2. The molecule has 14 heavy (non-hydrogen) atoms. The standard InChI is InChI=1S/C8H7Br2NO2S/c9-5-1-6(14-7(5)10)8(12)11-4-2-13-3-4/h1,4H,2-3H2,(H,11,12). The van der Waals surface area contributed by atoms with Crippen molar-refractivity contribution in [1.82, 2.24) is 5.32 Å². The van der Waals surface area contributed by atoms with Crippen molar-refractivity contribution < 1.29 is 9.53 Å². The van der Waals surface area contributed by atoms with Gasteiger partial charge in [-0.2, -0.15) is 0 Å². The number of carbonyl (C=O) groups excluding carboxylic acids is 1. The Bertz CT molecular complexity index is 343. The van der Waals surface area contributed by atoms with Crippen LogP contribution in [0.2, 0.25) is 0 Å². The van der Waals surface area contributed by atoms with Gasteiger partial charge >= 0.3 is 0 Å². The number of carbonyl (C=O) groups is 1. The third-order valence-corrected chi connectivity index (χ3v) is 5.10. The van der Waals surface area contributed by atoms with E-state index in [1.165, 1.54) is 11.3 Å². The van der Waals surface area contributed by atoms with Crippen molar-refractivity contribution in [3.63, 3.8) is 0 Å². The van der Waals surface area contributed by atoms with E-state index in [2.05, 4.69) is 37.2 Å². The molecule has 3 nitrogen and oxygen atoms in total. The molecule has 0 aliphatic carbocycles. The molecule has 1 aromatic rings. The molecular weight excluding hydrogens is 334 g/mol. The number of halogens is 2. The summed E-state index contributed by atoms with van der Waals surface area (Å²) in [5.74, 6) is -0.0327. The fraction of sp³-hybridized carbons (Fsp3) is 0.375. The fourth-order valence-electron chi connectivity index (χ4n) is 1.03. The minimum Gasteiger partial charge on any atom is -0.377 e. The van der Waals surface area contributed by atoms with Crippen LogP contribution in [0.3, 0.4) is 0 Å². The normalized spacial score (nSPS) is 16.4. The highest BCUT2D eigenvalue weighted by atomic mass is 79.9. The minimum absolute atomic E-state index is 0.0327. The highest BCUT2D eigenvalue weighted by Gasteiger charge is 2.22. The molecule has 1 fully saturated rings. The average molecular weight is 341 g/mol. The first-order valence-electron chi connectivity index (χ1n) is 4.00. The Morgan fingerprint density at radius 2 is 2.29 bits per heavy atom. The summed E-state index contributed by atoms with van der Waals surface area (Å²) in [6.45, 7) is 1.25. The Morgan fingerprint density at radius 3 is 2.71 bits per heavy atom. The number of thiophene rings is 1. The number of amides is 1. The molecule has 1 aliphatic rings. The average Bonchev–Trinajstić information content (AvgIpc) is 2.40. The van der Waals surface area contributed by atoms with Crippen LogP contribution < -0.4 is 5.32 Å². The zero-order valence-corrected chi connectivity index (χ0v) is 11.0. The van der Waals surface area contributed by atoms with Crippen molar-refractivity contribution >= 4 is 49.1 Å². The Balaban J connectivity index is 2.02. The van der Waals surface area contributed by atoms with Crippen LogP contribution in [0.5, 0.6) is 0 Å². The maximum absolute atomic E-state index is 11.6. The summed E-state index contributed by atoms with van der Waals surface area (Å²) in [5, 5.41) is 2.88. The quantitative estimate of drug-likeness (QED) is 0.897. The number of ether oxygens (including phenoxy) is 1. The molecule has 1 aromatic heterocycles. The van der Waals surface area contributed by atoms with E-state index in [0.717, 1.165) is 8.26 Å². The number of nitrogens with one attached hydrogen (secondary N) is 1. The number of hydrogen-bond acceptors (Lipinski definition) is 3. The topological polar surface area (TPSA) is 38.3 Å². The smallest absolute Gasteiger partial charge is 0.261 e. The summed E-state index contributed by atoms with van der Waals surface area (Å²) in [6, 6.07) is 1.99. The van der Waals surface area contributed by atoms with Gasteiger partial charge in [0.05, 0.1) is 27.9 Å². The zero-order chi connectivity index (χ0) is 10.1. The zero-order valence-electron chi connectivity index (χ0n) is 7.05. The van der Waals surface area contributed by atoms with Gasteiger partial charge in [-0.3, -0.25) is 4.79 Å². The molecule has 0 unspecified atom stereocenters. The Morgan fingerprint density at radius 1 is 1.57 bits per heavy atom. The van der Waals surface area contributed by atoms with Gasteiger partial charge in [0, 0.05) is 4.47 Å². The van der Waals surface area contributed by atoms with Crippen LogP contribution in [0.25, 0.3) is 0 Å². The van der Waals surface area contributed by atoms with Crippen LogP contribution in [0, 0.1) is 0 Å². The van der Waals surface area contributed by atoms with Gasteiger partial charge in [0.25, 0.3) is 5.91 Å². The SMILES string of the molecule is O=C(NC1COC1)c1cc(Br)c(Br)s1. The molecule has 0 spiro atoms. The summed E-state index contributed by atoms with van der Waals surface area (Å²) in [6.07, 6.45) is 0. The summed E-state index contributed by atoms with van der Waals surface area (Å²) in [4.78, 5) is 12.3. The largest absolute Gasteiger partial charge is 0.377 e. The Kier molecular flexibility index (Phi) is 3.26. The maximum Gasteiger partial charge on any atom is 0.261 e. The Labute approximate surface area is 102 Å². The molecule has 1 amide bonds. The van der Waals surface area contributed by atoms with E-state index in [0.29, 0.717) is 18.1 Å². The molecule has 0 atom stereocenters. The predicted octanol–water partition coefficient (Wildman–Crippen LogP) is 2.40.